The molecule has 35 heavy (non-hydrogen) atoms. The predicted molar refractivity (Wildman–Crippen MR) is 134 cm³/mol. The topological polar surface area (TPSA) is 79.8 Å². The van der Waals surface area contributed by atoms with Crippen LogP contribution in [0.3, 0.4) is 0 Å². The summed E-state index contributed by atoms with van der Waals surface area (Å²) in [7, 11) is -3.60. The van der Waals surface area contributed by atoms with Crippen molar-refractivity contribution in [2.24, 2.45) is 5.92 Å². The van der Waals surface area contributed by atoms with E-state index in [9.17, 15) is 17.6 Å². The molecule has 0 spiro atoms. The van der Waals surface area contributed by atoms with Gasteiger partial charge in [0, 0.05) is 25.3 Å². The number of carbonyl (C=O) groups is 1. The van der Waals surface area contributed by atoms with E-state index in [0.717, 1.165) is 25.7 Å². The quantitative estimate of drug-likeness (QED) is 0.474. The van der Waals surface area contributed by atoms with Gasteiger partial charge >= 0.3 is 0 Å². The van der Waals surface area contributed by atoms with Crippen LogP contribution < -0.4 is 4.90 Å². The van der Waals surface area contributed by atoms with E-state index in [0.29, 0.717) is 53.1 Å². The van der Waals surface area contributed by atoms with Gasteiger partial charge in [-0.05, 0) is 74.1 Å². The lowest BCUT2D eigenvalue weighted by Gasteiger charge is -2.29. The van der Waals surface area contributed by atoms with Crippen LogP contribution >= 0.6 is 11.3 Å². The van der Waals surface area contributed by atoms with Crippen molar-refractivity contribution >= 4 is 42.6 Å². The molecule has 5 rings (SSSR count). The van der Waals surface area contributed by atoms with E-state index in [2.05, 4.69) is 11.9 Å². The molecule has 2 aromatic carbocycles. The summed E-state index contributed by atoms with van der Waals surface area (Å²) in [5.74, 6) is -0.129. The van der Waals surface area contributed by atoms with Crippen molar-refractivity contribution in [3.05, 3.63) is 53.8 Å². The third-order valence-corrected chi connectivity index (χ3v) is 9.66. The van der Waals surface area contributed by atoms with E-state index in [-0.39, 0.29) is 22.7 Å². The molecule has 1 aromatic heterocycles. The largest absolute Gasteiger partial charge is 0.376 e. The van der Waals surface area contributed by atoms with Gasteiger partial charge in [0.1, 0.15) is 5.82 Å². The number of hydrogen-bond donors (Lipinski definition) is 0. The van der Waals surface area contributed by atoms with Crippen LogP contribution in [0.4, 0.5) is 9.52 Å². The summed E-state index contributed by atoms with van der Waals surface area (Å²) in [5, 5.41) is 0.463. The number of rotatable bonds is 6. The standard InChI is InChI=1S/C25H28FN3O4S2/c1-17-10-12-28(13-11-17)35(31,32)21-7-4-18(5-8-21)24(30)29(16-20-3-2-14-33-20)25-27-22-9-6-19(26)15-23(22)34-25/h4-9,15,17,20H,2-3,10-14,16H2,1H3. The van der Waals surface area contributed by atoms with Crippen LogP contribution in [-0.4, -0.2) is 56.0 Å². The van der Waals surface area contributed by atoms with Crippen molar-refractivity contribution in [2.45, 2.75) is 43.6 Å². The van der Waals surface area contributed by atoms with E-state index < -0.39 is 10.0 Å². The average molecular weight is 518 g/mol. The van der Waals surface area contributed by atoms with Gasteiger partial charge in [-0.3, -0.25) is 9.69 Å². The highest BCUT2D eigenvalue weighted by molar-refractivity contribution is 7.89. The summed E-state index contributed by atoms with van der Waals surface area (Å²) in [4.78, 5) is 19.9. The van der Waals surface area contributed by atoms with Crippen molar-refractivity contribution in [1.29, 1.82) is 0 Å². The number of halogens is 1. The summed E-state index contributed by atoms with van der Waals surface area (Å²) in [6.07, 6.45) is 3.36. The molecule has 0 aliphatic carbocycles. The molecular weight excluding hydrogens is 489 g/mol. The highest BCUT2D eigenvalue weighted by Gasteiger charge is 2.30. The highest BCUT2D eigenvalue weighted by Crippen LogP contribution is 2.32. The maximum atomic E-state index is 13.7. The number of fused-ring (bicyclic) bond motifs is 1. The fraction of sp³-hybridized carbons (Fsp3) is 0.440. The minimum absolute atomic E-state index is 0.108. The molecule has 1 atom stereocenters. The number of ether oxygens (including phenoxy) is 1. The zero-order chi connectivity index (χ0) is 24.6. The van der Waals surface area contributed by atoms with Crippen LogP contribution in [-0.2, 0) is 14.8 Å². The number of anilines is 1. The number of benzene rings is 2. The van der Waals surface area contributed by atoms with E-state index in [1.165, 1.54) is 39.9 Å². The number of hydrogen-bond acceptors (Lipinski definition) is 6. The van der Waals surface area contributed by atoms with Crippen molar-refractivity contribution < 1.29 is 22.3 Å². The second-order valence-electron chi connectivity index (χ2n) is 9.27. The van der Waals surface area contributed by atoms with Gasteiger partial charge in [-0.25, -0.2) is 17.8 Å². The molecule has 2 aliphatic rings. The number of thiazole rings is 1. The number of sulfonamides is 1. The Hall–Kier alpha value is -2.40. The van der Waals surface area contributed by atoms with Gasteiger partial charge in [0.15, 0.2) is 5.13 Å². The molecule has 186 valence electrons. The Morgan fingerprint density at radius 1 is 1.17 bits per heavy atom. The summed E-state index contributed by atoms with van der Waals surface area (Å²) in [6.45, 7) is 4.14. The van der Waals surface area contributed by atoms with Gasteiger partial charge < -0.3 is 4.74 Å². The van der Waals surface area contributed by atoms with Crippen molar-refractivity contribution in [3.63, 3.8) is 0 Å². The second-order valence-corrected chi connectivity index (χ2v) is 12.2. The zero-order valence-corrected chi connectivity index (χ0v) is 21.2. The first-order chi connectivity index (χ1) is 16.8. The van der Waals surface area contributed by atoms with E-state index in [4.69, 9.17) is 4.74 Å². The lowest BCUT2D eigenvalue weighted by Crippen LogP contribution is -2.38. The number of amides is 1. The monoisotopic (exact) mass is 517 g/mol. The number of nitrogens with zero attached hydrogens (tertiary/aromatic N) is 3. The first-order valence-electron chi connectivity index (χ1n) is 11.9. The number of carbonyl (C=O) groups excluding carboxylic acids is 1. The van der Waals surface area contributed by atoms with Crippen LogP contribution in [0, 0.1) is 11.7 Å². The molecule has 3 aromatic rings. The molecule has 0 radical (unpaired) electrons. The Bertz CT molecular complexity index is 1310. The maximum Gasteiger partial charge on any atom is 0.260 e. The smallest absolute Gasteiger partial charge is 0.260 e. The summed E-state index contributed by atoms with van der Waals surface area (Å²) < 4.78 is 47.8. The molecule has 0 bridgehead atoms. The molecule has 1 unspecified atom stereocenters. The van der Waals surface area contributed by atoms with Crippen LogP contribution in [0.5, 0.6) is 0 Å². The fourth-order valence-electron chi connectivity index (χ4n) is 4.54. The van der Waals surface area contributed by atoms with Crippen LogP contribution in [0.2, 0.25) is 0 Å². The molecule has 0 saturated carbocycles. The van der Waals surface area contributed by atoms with Crippen LogP contribution in [0.1, 0.15) is 43.0 Å². The van der Waals surface area contributed by atoms with Crippen LogP contribution in [0.25, 0.3) is 10.2 Å². The molecule has 10 heteroatoms. The average Bonchev–Trinajstić information content (AvgIpc) is 3.52. The Morgan fingerprint density at radius 3 is 2.60 bits per heavy atom. The molecule has 2 saturated heterocycles. The molecule has 2 aliphatic heterocycles. The minimum Gasteiger partial charge on any atom is -0.376 e. The minimum atomic E-state index is -3.60. The fourth-order valence-corrected chi connectivity index (χ4v) is 7.01. The predicted octanol–water partition coefficient (Wildman–Crippen LogP) is 4.68. The lowest BCUT2D eigenvalue weighted by atomic mass is 10.0. The van der Waals surface area contributed by atoms with Gasteiger partial charge in [0.05, 0.1) is 27.8 Å². The number of aromatic nitrogens is 1. The summed E-state index contributed by atoms with van der Waals surface area (Å²) >= 11 is 1.25. The maximum absolute atomic E-state index is 13.7. The first kappa shape index (κ1) is 24.3. The van der Waals surface area contributed by atoms with Gasteiger partial charge in [-0.1, -0.05) is 18.3 Å². The first-order valence-corrected chi connectivity index (χ1v) is 14.2. The van der Waals surface area contributed by atoms with E-state index in [1.54, 1.807) is 23.1 Å². The Labute approximate surface area is 208 Å². The Kier molecular flexibility index (Phi) is 6.89. The molecule has 3 heterocycles. The van der Waals surface area contributed by atoms with E-state index in [1.807, 2.05) is 0 Å². The third kappa shape index (κ3) is 5.11. The van der Waals surface area contributed by atoms with Gasteiger partial charge in [0.25, 0.3) is 5.91 Å². The normalized spacial score (nSPS) is 19.9. The SMILES string of the molecule is CC1CCN(S(=O)(=O)c2ccc(C(=O)N(CC3CCCO3)c3nc4ccc(F)cc4s3)cc2)CC1. The Morgan fingerprint density at radius 2 is 1.91 bits per heavy atom. The molecular formula is C25H28FN3O4S2. The van der Waals surface area contributed by atoms with Crippen molar-refractivity contribution in [1.82, 2.24) is 9.29 Å². The summed E-state index contributed by atoms with van der Waals surface area (Å²) in [5.41, 5.74) is 0.980. The van der Waals surface area contributed by atoms with Crippen molar-refractivity contribution in [3.8, 4) is 0 Å². The van der Waals surface area contributed by atoms with Gasteiger partial charge in [0.2, 0.25) is 10.0 Å². The molecule has 0 N–H and O–H groups in total. The summed E-state index contributed by atoms with van der Waals surface area (Å²) in [6, 6.07) is 10.5. The third-order valence-electron chi connectivity index (χ3n) is 6.71. The number of piperidine rings is 1. The van der Waals surface area contributed by atoms with Crippen LogP contribution in [0.15, 0.2) is 47.4 Å². The highest BCUT2D eigenvalue weighted by atomic mass is 32.2. The van der Waals surface area contributed by atoms with E-state index >= 15 is 0 Å². The Balaban J connectivity index is 1.41. The molecule has 1 amide bonds. The van der Waals surface area contributed by atoms with Gasteiger partial charge in [-0.2, -0.15) is 4.31 Å². The second kappa shape index (κ2) is 9.93. The lowest BCUT2D eigenvalue weighted by molar-refractivity contribution is 0.0917. The molecule has 2 fully saturated rings. The molecule has 7 nitrogen and oxygen atoms in total. The van der Waals surface area contributed by atoms with Gasteiger partial charge in [-0.15, -0.1) is 0 Å². The van der Waals surface area contributed by atoms with Crippen molar-refractivity contribution in [2.75, 3.05) is 31.1 Å². The zero-order valence-electron chi connectivity index (χ0n) is 19.5.